The first kappa shape index (κ1) is 17.9. The molecule has 0 spiro atoms. The van der Waals surface area contributed by atoms with Gasteiger partial charge in [0, 0.05) is 5.54 Å². The van der Waals surface area contributed by atoms with Gasteiger partial charge in [-0.3, -0.25) is 0 Å². The third kappa shape index (κ3) is 12.4. The molecule has 2 nitrogen and oxygen atoms in total. The van der Waals surface area contributed by atoms with Crippen LogP contribution in [0.3, 0.4) is 0 Å². The normalized spacial score (nSPS) is 13.0. The summed E-state index contributed by atoms with van der Waals surface area (Å²) in [5.41, 5.74) is 6.04. The molecular weight excluding hydrogens is 220 g/mol. The van der Waals surface area contributed by atoms with E-state index in [1.807, 2.05) is 0 Å². The summed E-state index contributed by atoms with van der Waals surface area (Å²) in [5, 5.41) is 0. The second kappa shape index (κ2) is 8.92. The lowest BCUT2D eigenvalue weighted by molar-refractivity contribution is 0.233. The highest BCUT2D eigenvalue weighted by molar-refractivity contribution is 4.72. The molecule has 0 aromatic carbocycles. The lowest BCUT2D eigenvalue weighted by Crippen LogP contribution is -2.34. The average molecular weight is 256 g/mol. The maximum atomic E-state index is 6.05. The van der Waals surface area contributed by atoms with Gasteiger partial charge in [0.15, 0.2) is 0 Å². The summed E-state index contributed by atoms with van der Waals surface area (Å²) in [5.74, 6) is 1.61. The quantitative estimate of drug-likeness (QED) is 0.642. The molecule has 0 unspecified atom stereocenters. The highest BCUT2D eigenvalue weighted by atomic mass is 15.1. The fourth-order valence-electron chi connectivity index (χ4n) is 1.98. The van der Waals surface area contributed by atoms with Crippen LogP contribution in [0.5, 0.6) is 0 Å². The van der Waals surface area contributed by atoms with Crippen LogP contribution in [-0.2, 0) is 0 Å². The minimum atomic E-state index is -0.0121. The Morgan fingerprint density at radius 3 is 1.67 bits per heavy atom. The Bertz CT molecular complexity index is 180. The van der Waals surface area contributed by atoms with Crippen LogP contribution < -0.4 is 5.73 Å². The van der Waals surface area contributed by atoms with Crippen molar-refractivity contribution in [2.45, 2.75) is 72.8 Å². The molecule has 0 heterocycles. The van der Waals surface area contributed by atoms with Crippen LogP contribution in [0.1, 0.15) is 67.2 Å². The summed E-state index contributed by atoms with van der Waals surface area (Å²) in [6.07, 6.45) is 4.96. The first-order valence-electron chi connectivity index (χ1n) is 7.72. The van der Waals surface area contributed by atoms with Gasteiger partial charge >= 0.3 is 0 Å². The van der Waals surface area contributed by atoms with Gasteiger partial charge in [-0.25, -0.2) is 0 Å². The fraction of sp³-hybridized carbons (Fsp3) is 1.00. The van der Waals surface area contributed by atoms with Gasteiger partial charge in [0.05, 0.1) is 0 Å². The highest BCUT2D eigenvalue weighted by Gasteiger charge is 2.12. The van der Waals surface area contributed by atoms with E-state index in [-0.39, 0.29) is 5.54 Å². The summed E-state index contributed by atoms with van der Waals surface area (Å²) >= 11 is 0. The van der Waals surface area contributed by atoms with E-state index >= 15 is 0 Å². The maximum absolute atomic E-state index is 6.05. The van der Waals surface area contributed by atoms with Crippen molar-refractivity contribution in [3.63, 3.8) is 0 Å². The Hall–Kier alpha value is -0.0800. The zero-order valence-electron chi connectivity index (χ0n) is 13.6. The molecule has 18 heavy (non-hydrogen) atoms. The molecule has 110 valence electrons. The standard InChI is InChI=1S/C16H36N2/c1-14(2)8-12-18(13-9-15(3)4)11-7-10-16(5,6)17/h14-15H,7-13,17H2,1-6H3. The molecule has 2 heteroatoms. The van der Waals surface area contributed by atoms with E-state index in [4.69, 9.17) is 5.73 Å². The Balaban J connectivity index is 3.95. The molecule has 0 rings (SSSR count). The molecule has 0 aromatic heterocycles. The van der Waals surface area contributed by atoms with Crippen molar-refractivity contribution < 1.29 is 0 Å². The third-order valence-corrected chi connectivity index (χ3v) is 3.34. The van der Waals surface area contributed by atoms with Gasteiger partial charge in [-0.15, -0.1) is 0 Å². The molecule has 0 radical (unpaired) electrons. The first-order chi connectivity index (χ1) is 8.20. The number of nitrogens with zero attached hydrogens (tertiary/aromatic N) is 1. The van der Waals surface area contributed by atoms with Gasteiger partial charge in [0.2, 0.25) is 0 Å². The average Bonchev–Trinajstić information content (AvgIpc) is 2.19. The monoisotopic (exact) mass is 256 g/mol. The number of hydrogen-bond donors (Lipinski definition) is 1. The molecule has 0 saturated carbocycles. The predicted molar refractivity (Wildman–Crippen MR) is 82.9 cm³/mol. The number of hydrogen-bond acceptors (Lipinski definition) is 2. The summed E-state index contributed by atoms with van der Waals surface area (Å²) in [6.45, 7) is 17.2. The van der Waals surface area contributed by atoms with Crippen LogP contribution in [0.25, 0.3) is 0 Å². The van der Waals surface area contributed by atoms with Gasteiger partial charge in [0.25, 0.3) is 0 Å². The lowest BCUT2D eigenvalue weighted by atomic mass is 9.99. The summed E-state index contributed by atoms with van der Waals surface area (Å²) in [4.78, 5) is 2.63. The molecule has 0 aliphatic rings. The van der Waals surface area contributed by atoms with Crippen molar-refractivity contribution in [2.75, 3.05) is 19.6 Å². The van der Waals surface area contributed by atoms with Crippen LogP contribution in [-0.4, -0.2) is 30.1 Å². The molecule has 0 aliphatic carbocycles. The van der Waals surface area contributed by atoms with Crippen LogP contribution in [0.15, 0.2) is 0 Å². The minimum Gasteiger partial charge on any atom is -0.326 e. The van der Waals surface area contributed by atoms with E-state index in [9.17, 15) is 0 Å². The van der Waals surface area contributed by atoms with Gasteiger partial charge in [-0.2, -0.15) is 0 Å². The highest BCUT2D eigenvalue weighted by Crippen LogP contribution is 2.11. The zero-order valence-corrected chi connectivity index (χ0v) is 13.6. The van der Waals surface area contributed by atoms with Crippen molar-refractivity contribution in [1.29, 1.82) is 0 Å². The van der Waals surface area contributed by atoms with Crippen molar-refractivity contribution in [2.24, 2.45) is 17.6 Å². The van der Waals surface area contributed by atoms with Crippen LogP contribution in [0.4, 0.5) is 0 Å². The van der Waals surface area contributed by atoms with Crippen LogP contribution >= 0.6 is 0 Å². The first-order valence-corrected chi connectivity index (χ1v) is 7.72. The molecule has 0 atom stereocenters. The fourth-order valence-corrected chi connectivity index (χ4v) is 1.98. The molecule has 0 bridgehead atoms. The second-order valence-electron chi connectivity index (χ2n) is 7.30. The third-order valence-electron chi connectivity index (χ3n) is 3.34. The lowest BCUT2D eigenvalue weighted by Gasteiger charge is -2.26. The summed E-state index contributed by atoms with van der Waals surface area (Å²) in [6, 6.07) is 0. The maximum Gasteiger partial charge on any atom is 0.00975 e. The van der Waals surface area contributed by atoms with Gasteiger partial charge in [-0.05, 0) is 71.0 Å². The van der Waals surface area contributed by atoms with Gasteiger partial charge < -0.3 is 10.6 Å². The van der Waals surface area contributed by atoms with Crippen molar-refractivity contribution >= 4 is 0 Å². The SMILES string of the molecule is CC(C)CCN(CCCC(C)(C)N)CCC(C)C. The van der Waals surface area contributed by atoms with E-state index in [1.165, 1.54) is 38.9 Å². The molecule has 0 aromatic rings. The second-order valence-corrected chi connectivity index (χ2v) is 7.30. The van der Waals surface area contributed by atoms with E-state index in [1.54, 1.807) is 0 Å². The van der Waals surface area contributed by atoms with E-state index in [0.29, 0.717) is 0 Å². The predicted octanol–water partition coefficient (Wildman–Crippen LogP) is 3.90. The van der Waals surface area contributed by atoms with Crippen molar-refractivity contribution in [1.82, 2.24) is 4.90 Å². The largest absolute Gasteiger partial charge is 0.326 e. The Morgan fingerprint density at radius 1 is 0.889 bits per heavy atom. The summed E-state index contributed by atoms with van der Waals surface area (Å²) < 4.78 is 0. The Kier molecular flexibility index (Phi) is 8.89. The Morgan fingerprint density at radius 2 is 1.33 bits per heavy atom. The molecule has 0 aliphatic heterocycles. The molecule has 0 amide bonds. The molecular formula is C16H36N2. The minimum absolute atomic E-state index is 0.0121. The topological polar surface area (TPSA) is 29.3 Å². The van der Waals surface area contributed by atoms with Crippen molar-refractivity contribution in [3.8, 4) is 0 Å². The van der Waals surface area contributed by atoms with Crippen LogP contribution in [0, 0.1) is 11.8 Å². The van der Waals surface area contributed by atoms with Crippen LogP contribution in [0.2, 0.25) is 0 Å². The van der Waals surface area contributed by atoms with E-state index in [0.717, 1.165) is 18.3 Å². The zero-order chi connectivity index (χ0) is 14.2. The van der Waals surface area contributed by atoms with Crippen molar-refractivity contribution in [3.05, 3.63) is 0 Å². The molecule has 2 N–H and O–H groups in total. The smallest absolute Gasteiger partial charge is 0.00975 e. The molecule has 0 fully saturated rings. The summed E-state index contributed by atoms with van der Waals surface area (Å²) in [7, 11) is 0. The number of nitrogens with two attached hydrogens (primary N) is 1. The Labute approximate surface area is 115 Å². The van der Waals surface area contributed by atoms with Gasteiger partial charge in [-0.1, -0.05) is 27.7 Å². The van der Waals surface area contributed by atoms with Gasteiger partial charge in [0.1, 0.15) is 0 Å². The van der Waals surface area contributed by atoms with E-state index < -0.39 is 0 Å². The van der Waals surface area contributed by atoms with E-state index in [2.05, 4.69) is 46.4 Å². The number of rotatable bonds is 10. The molecule has 0 saturated heterocycles.